The lowest BCUT2D eigenvalue weighted by atomic mass is 10.0. The summed E-state index contributed by atoms with van der Waals surface area (Å²) in [6.07, 6.45) is 4.06. The average molecular weight is 157 g/mol. The van der Waals surface area contributed by atoms with E-state index in [0.29, 0.717) is 0 Å². The molecule has 1 saturated carbocycles. The maximum absolute atomic E-state index is 5.18. The topological polar surface area (TPSA) is 12.5 Å². The summed E-state index contributed by atoms with van der Waals surface area (Å²) in [6, 6.07) is 0.759. The Morgan fingerprint density at radius 3 is 2.64 bits per heavy atom. The van der Waals surface area contributed by atoms with Crippen LogP contribution in [0.25, 0.3) is 0 Å². The van der Waals surface area contributed by atoms with E-state index in [1.54, 1.807) is 7.11 Å². The van der Waals surface area contributed by atoms with E-state index in [1.165, 1.54) is 19.3 Å². The molecule has 2 atom stereocenters. The Bertz CT molecular complexity index is 114. The van der Waals surface area contributed by atoms with Crippen molar-refractivity contribution in [3.8, 4) is 0 Å². The fraction of sp³-hybridized carbons (Fsp3) is 1.00. The summed E-state index contributed by atoms with van der Waals surface area (Å²) >= 11 is 0. The number of methoxy groups -OCH3 is 1. The molecule has 0 saturated heterocycles. The zero-order valence-corrected chi connectivity index (χ0v) is 7.84. The second kappa shape index (κ2) is 4.07. The Morgan fingerprint density at radius 1 is 1.36 bits per heavy atom. The normalized spacial score (nSPS) is 31.6. The quantitative estimate of drug-likeness (QED) is 0.613. The number of rotatable bonds is 3. The van der Waals surface area contributed by atoms with Crippen molar-refractivity contribution in [3.05, 3.63) is 0 Å². The van der Waals surface area contributed by atoms with Crippen molar-refractivity contribution in [2.24, 2.45) is 5.92 Å². The fourth-order valence-corrected chi connectivity index (χ4v) is 2.11. The van der Waals surface area contributed by atoms with Crippen molar-refractivity contribution >= 4 is 0 Å². The van der Waals surface area contributed by atoms with Crippen molar-refractivity contribution in [2.45, 2.75) is 25.3 Å². The van der Waals surface area contributed by atoms with Crippen LogP contribution in [0.2, 0.25) is 0 Å². The highest BCUT2D eigenvalue weighted by Gasteiger charge is 2.28. The highest BCUT2D eigenvalue weighted by Crippen LogP contribution is 2.28. The Balaban J connectivity index is 2.37. The van der Waals surface area contributed by atoms with E-state index < -0.39 is 0 Å². The van der Waals surface area contributed by atoms with Gasteiger partial charge in [-0.1, -0.05) is 6.42 Å². The van der Waals surface area contributed by atoms with Crippen molar-refractivity contribution < 1.29 is 4.74 Å². The van der Waals surface area contributed by atoms with Crippen LogP contribution < -0.4 is 0 Å². The predicted octanol–water partition coefficient (Wildman–Crippen LogP) is 1.36. The highest BCUT2D eigenvalue weighted by molar-refractivity contribution is 4.82. The smallest absolute Gasteiger partial charge is 0.0505 e. The molecule has 1 unspecified atom stereocenters. The van der Waals surface area contributed by atoms with Crippen molar-refractivity contribution in [1.29, 1.82) is 0 Å². The lowest BCUT2D eigenvalue weighted by molar-refractivity contribution is 0.113. The molecular weight excluding hydrogens is 138 g/mol. The predicted molar refractivity (Wildman–Crippen MR) is 46.7 cm³/mol. The summed E-state index contributed by atoms with van der Waals surface area (Å²) in [5.74, 6) is 0.773. The van der Waals surface area contributed by atoms with E-state index in [0.717, 1.165) is 18.6 Å². The minimum atomic E-state index is 0.759. The molecule has 2 heteroatoms. The van der Waals surface area contributed by atoms with Crippen LogP contribution in [-0.2, 0) is 4.74 Å². The average Bonchev–Trinajstić information content (AvgIpc) is 2.36. The Morgan fingerprint density at radius 2 is 2.09 bits per heavy atom. The summed E-state index contributed by atoms with van der Waals surface area (Å²) in [5, 5.41) is 0. The molecule has 1 aliphatic rings. The van der Waals surface area contributed by atoms with Crippen molar-refractivity contribution in [1.82, 2.24) is 4.90 Å². The van der Waals surface area contributed by atoms with Gasteiger partial charge in [0.1, 0.15) is 0 Å². The van der Waals surface area contributed by atoms with Gasteiger partial charge in [0.15, 0.2) is 0 Å². The van der Waals surface area contributed by atoms with Crippen LogP contribution in [0.15, 0.2) is 0 Å². The third-order valence-electron chi connectivity index (χ3n) is 2.66. The molecule has 0 aromatic rings. The van der Waals surface area contributed by atoms with Crippen LogP contribution in [0.3, 0.4) is 0 Å². The molecule has 2 nitrogen and oxygen atoms in total. The largest absolute Gasteiger partial charge is 0.384 e. The van der Waals surface area contributed by atoms with Crippen LogP contribution in [0, 0.1) is 5.92 Å². The lowest BCUT2D eigenvalue weighted by Crippen LogP contribution is -2.33. The van der Waals surface area contributed by atoms with Gasteiger partial charge in [-0.15, -0.1) is 0 Å². The van der Waals surface area contributed by atoms with Crippen LogP contribution in [0.4, 0.5) is 0 Å². The fourth-order valence-electron chi connectivity index (χ4n) is 2.11. The SMILES string of the molecule is COCC1CCC[C@@H]1N(C)C. The first-order valence-electron chi connectivity index (χ1n) is 4.41. The van der Waals surface area contributed by atoms with E-state index in [4.69, 9.17) is 4.74 Å². The zero-order chi connectivity index (χ0) is 8.27. The van der Waals surface area contributed by atoms with Crippen LogP contribution >= 0.6 is 0 Å². The Kier molecular flexibility index (Phi) is 3.34. The van der Waals surface area contributed by atoms with Gasteiger partial charge in [-0.3, -0.25) is 0 Å². The van der Waals surface area contributed by atoms with Gasteiger partial charge >= 0.3 is 0 Å². The molecule has 1 fully saturated rings. The number of hydrogen-bond acceptors (Lipinski definition) is 2. The number of ether oxygens (including phenoxy) is 1. The zero-order valence-electron chi connectivity index (χ0n) is 7.84. The molecule has 0 N–H and O–H groups in total. The molecule has 0 aromatic heterocycles. The van der Waals surface area contributed by atoms with E-state index in [-0.39, 0.29) is 0 Å². The van der Waals surface area contributed by atoms with Crippen molar-refractivity contribution in [3.63, 3.8) is 0 Å². The summed E-state index contributed by atoms with van der Waals surface area (Å²) in [4.78, 5) is 2.33. The maximum Gasteiger partial charge on any atom is 0.0505 e. The second-order valence-electron chi connectivity index (χ2n) is 3.68. The summed E-state index contributed by atoms with van der Waals surface area (Å²) in [5.41, 5.74) is 0. The molecule has 0 amide bonds. The monoisotopic (exact) mass is 157 g/mol. The van der Waals surface area contributed by atoms with Gasteiger partial charge in [-0.2, -0.15) is 0 Å². The van der Waals surface area contributed by atoms with Gasteiger partial charge in [-0.05, 0) is 32.9 Å². The van der Waals surface area contributed by atoms with Gasteiger partial charge in [0.25, 0.3) is 0 Å². The lowest BCUT2D eigenvalue weighted by Gasteiger charge is -2.25. The molecule has 0 heterocycles. The molecule has 66 valence electrons. The molecule has 0 spiro atoms. The molecule has 0 aromatic carbocycles. The van der Waals surface area contributed by atoms with E-state index in [2.05, 4.69) is 19.0 Å². The van der Waals surface area contributed by atoms with Crippen molar-refractivity contribution in [2.75, 3.05) is 27.8 Å². The number of hydrogen-bond donors (Lipinski definition) is 0. The van der Waals surface area contributed by atoms with E-state index in [1.807, 2.05) is 0 Å². The third kappa shape index (κ3) is 2.17. The first-order valence-corrected chi connectivity index (χ1v) is 4.41. The Hall–Kier alpha value is -0.0800. The Labute approximate surface area is 69.5 Å². The minimum Gasteiger partial charge on any atom is -0.384 e. The summed E-state index contributed by atoms with van der Waals surface area (Å²) in [7, 11) is 6.13. The summed E-state index contributed by atoms with van der Waals surface area (Å²) in [6.45, 7) is 0.933. The van der Waals surface area contributed by atoms with Crippen LogP contribution in [0.1, 0.15) is 19.3 Å². The highest BCUT2D eigenvalue weighted by atomic mass is 16.5. The third-order valence-corrected chi connectivity index (χ3v) is 2.66. The molecule has 1 rings (SSSR count). The molecule has 0 radical (unpaired) electrons. The summed E-state index contributed by atoms with van der Waals surface area (Å²) < 4.78 is 5.18. The first kappa shape index (κ1) is 9.01. The van der Waals surface area contributed by atoms with Gasteiger partial charge in [-0.25, -0.2) is 0 Å². The molecule has 0 aliphatic heterocycles. The number of nitrogens with zero attached hydrogens (tertiary/aromatic N) is 1. The molecule has 0 bridgehead atoms. The first-order chi connectivity index (χ1) is 5.25. The van der Waals surface area contributed by atoms with Crippen LogP contribution in [0.5, 0.6) is 0 Å². The molecule has 1 aliphatic carbocycles. The second-order valence-corrected chi connectivity index (χ2v) is 3.68. The van der Waals surface area contributed by atoms with Gasteiger partial charge in [0, 0.05) is 13.2 Å². The van der Waals surface area contributed by atoms with Crippen LogP contribution in [-0.4, -0.2) is 38.8 Å². The van der Waals surface area contributed by atoms with E-state index >= 15 is 0 Å². The molecular formula is C9H19NO. The van der Waals surface area contributed by atoms with Gasteiger partial charge in [0.2, 0.25) is 0 Å². The molecule has 11 heavy (non-hydrogen) atoms. The van der Waals surface area contributed by atoms with Gasteiger partial charge < -0.3 is 9.64 Å². The van der Waals surface area contributed by atoms with Gasteiger partial charge in [0.05, 0.1) is 6.61 Å². The minimum absolute atomic E-state index is 0.759. The maximum atomic E-state index is 5.18. The van der Waals surface area contributed by atoms with E-state index in [9.17, 15) is 0 Å². The standard InChI is InChI=1S/C9H19NO/c1-10(2)9-6-4-5-8(9)7-11-3/h8-9H,4-7H2,1-3H3/t8?,9-/m0/s1.